The number of rotatable bonds is 2. The highest BCUT2D eigenvalue weighted by Crippen LogP contribution is 2.14. The van der Waals surface area contributed by atoms with E-state index in [1.165, 1.54) is 0 Å². The maximum absolute atomic E-state index is 11.5. The average Bonchev–Trinajstić information content (AvgIpc) is 2.78. The molecule has 3 aromatic rings. The van der Waals surface area contributed by atoms with Crippen LogP contribution in [0.2, 0.25) is 0 Å². The van der Waals surface area contributed by atoms with Crippen LogP contribution < -0.4 is 5.56 Å². The SMILES string of the molecule is O=c1[nH]c(Cc2nc3ccccc3[nH]2)nc(O)c1I. The summed E-state index contributed by atoms with van der Waals surface area (Å²) in [5, 5.41) is 9.53. The first-order valence-electron chi connectivity index (χ1n) is 5.55. The molecule has 0 bridgehead atoms. The van der Waals surface area contributed by atoms with Gasteiger partial charge in [0.1, 0.15) is 15.2 Å². The minimum Gasteiger partial charge on any atom is -0.492 e. The smallest absolute Gasteiger partial charge is 0.268 e. The number of para-hydroxylation sites is 2. The summed E-state index contributed by atoms with van der Waals surface area (Å²) in [7, 11) is 0. The summed E-state index contributed by atoms with van der Waals surface area (Å²) in [4.78, 5) is 25.6. The normalized spacial score (nSPS) is 11.0. The lowest BCUT2D eigenvalue weighted by molar-refractivity contribution is 0.443. The van der Waals surface area contributed by atoms with Crippen molar-refractivity contribution in [1.82, 2.24) is 19.9 Å². The number of nitrogens with zero attached hydrogens (tertiary/aromatic N) is 2. The van der Waals surface area contributed by atoms with Crippen molar-refractivity contribution < 1.29 is 5.11 Å². The Hall–Kier alpha value is -1.90. The molecule has 7 heteroatoms. The molecule has 6 nitrogen and oxygen atoms in total. The van der Waals surface area contributed by atoms with Crippen molar-refractivity contribution in [3.05, 3.63) is 49.8 Å². The van der Waals surface area contributed by atoms with Crippen molar-refractivity contribution in [2.24, 2.45) is 0 Å². The third-order valence-electron chi connectivity index (χ3n) is 2.67. The molecule has 0 fully saturated rings. The second kappa shape index (κ2) is 4.65. The van der Waals surface area contributed by atoms with E-state index >= 15 is 0 Å². The molecule has 2 heterocycles. The molecule has 0 spiro atoms. The summed E-state index contributed by atoms with van der Waals surface area (Å²) in [6.45, 7) is 0. The molecule has 3 rings (SSSR count). The fraction of sp³-hybridized carbons (Fsp3) is 0.0833. The van der Waals surface area contributed by atoms with Crippen LogP contribution in [0.3, 0.4) is 0 Å². The van der Waals surface area contributed by atoms with E-state index in [1.807, 2.05) is 24.3 Å². The molecule has 0 saturated heterocycles. The fourth-order valence-electron chi connectivity index (χ4n) is 1.82. The molecule has 96 valence electrons. The largest absolute Gasteiger partial charge is 0.492 e. The number of aromatic hydroxyl groups is 1. The lowest BCUT2D eigenvalue weighted by Gasteiger charge is -2.00. The van der Waals surface area contributed by atoms with Gasteiger partial charge in [-0.05, 0) is 34.7 Å². The number of aromatic amines is 2. The number of benzene rings is 1. The summed E-state index contributed by atoms with van der Waals surface area (Å²) >= 11 is 1.75. The number of hydrogen-bond acceptors (Lipinski definition) is 4. The third-order valence-corrected chi connectivity index (χ3v) is 3.64. The van der Waals surface area contributed by atoms with Crippen LogP contribution in [0.5, 0.6) is 5.88 Å². The molecule has 0 atom stereocenters. The molecule has 2 aromatic heterocycles. The molecular formula is C12H9IN4O2. The molecular weight excluding hydrogens is 359 g/mol. The van der Waals surface area contributed by atoms with Gasteiger partial charge in [-0.3, -0.25) is 4.79 Å². The van der Waals surface area contributed by atoms with E-state index in [1.54, 1.807) is 22.6 Å². The molecule has 0 aliphatic carbocycles. The van der Waals surface area contributed by atoms with Crippen LogP contribution in [0.4, 0.5) is 0 Å². The summed E-state index contributed by atoms with van der Waals surface area (Å²) in [6.07, 6.45) is 0.328. The predicted octanol–water partition coefficient (Wildman–Crippen LogP) is 1.55. The van der Waals surface area contributed by atoms with Gasteiger partial charge in [-0.2, -0.15) is 4.98 Å². The zero-order valence-electron chi connectivity index (χ0n) is 9.64. The van der Waals surface area contributed by atoms with Crippen molar-refractivity contribution in [3.8, 4) is 5.88 Å². The summed E-state index contributed by atoms with van der Waals surface area (Å²) in [6, 6.07) is 7.65. The number of nitrogens with one attached hydrogen (secondary N) is 2. The minimum absolute atomic E-state index is 0.186. The van der Waals surface area contributed by atoms with E-state index in [2.05, 4.69) is 19.9 Å². The summed E-state index contributed by atoms with van der Waals surface area (Å²) in [5.74, 6) is 0.808. The average molecular weight is 368 g/mol. The van der Waals surface area contributed by atoms with Gasteiger partial charge in [-0.1, -0.05) is 12.1 Å². The summed E-state index contributed by atoms with van der Waals surface area (Å²) < 4.78 is 0.186. The number of imidazole rings is 1. The zero-order valence-corrected chi connectivity index (χ0v) is 11.8. The highest BCUT2D eigenvalue weighted by Gasteiger charge is 2.10. The van der Waals surface area contributed by atoms with Gasteiger partial charge < -0.3 is 15.1 Å². The van der Waals surface area contributed by atoms with Crippen LogP contribution in [0.25, 0.3) is 11.0 Å². The topological polar surface area (TPSA) is 94.7 Å². The Labute approximate surface area is 121 Å². The van der Waals surface area contributed by atoms with Gasteiger partial charge in [0, 0.05) is 0 Å². The highest BCUT2D eigenvalue weighted by molar-refractivity contribution is 14.1. The van der Waals surface area contributed by atoms with Crippen molar-refractivity contribution in [2.45, 2.75) is 6.42 Å². The van der Waals surface area contributed by atoms with Crippen molar-refractivity contribution >= 4 is 33.6 Å². The van der Waals surface area contributed by atoms with E-state index < -0.39 is 0 Å². The Morgan fingerprint density at radius 1 is 1.16 bits per heavy atom. The zero-order chi connectivity index (χ0) is 13.4. The Kier molecular flexibility index (Phi) is 2.97. The number of hydrogen-bond donors (Lipinski definition) is 3. The molecule has 0 radical (unpaired) electrons. The van der Waals surface area contributed by atoms with Gasteiger partial charge in [0.25, 0.3) is 5.56 Å². The second-order valence-corrected chi connectivity index (χ2v) is 5.11. The van der Waals surface area contributed by atoms with Gasteiger partial charge in [-0.25, -0.2) is 4.98 Å². The Morgan fingerprint density at radius 2 is 1.89 bits per heavy atom. The lowest BCUT2D eigenvalue weighted by atomic mass is 10.3. The number of halogens is 1. The van der Waals surface area contributed by atoms with Gasteiger partial charge in [0.05, 0.1) is 17.5 Å². The van der Waals surface area contributed by atoms with Crippen molar-refractivity contribution in [1.29, 1.82) is 0 Å². The first-order valence-corrected chi connectivity index (χ1v) is 6.62. The second-order valence-electron chi connectivity index (χ2n) is 4.03. The van der Waals surface area contributed by atoms with E-state index in [0.717, 1.165) is 11.0 Å². The van der Waals surface area contributed by atoms with Gasteiger partial charge in [0.15, 0.2) is 0 Å². The third kappa shape index (κ3) is 2.33. The van der Waals surface area contributed by atoms with E-state index in [4.69, 9.17) is 0 Å². The molecule has 0 amide bonds. The van der Waals surface area contributed by atoms with Crippen LogP contribution >= 0.6 is 22.6 Å². The molecule has 0 aliphatic heterocycles. The van der Waals surface area contributed by atoms with Crippen LogP contribution in [-0.2, 0) is 6.42 Å². The Balaban J connectivity index is 1.99. The monoisotopic (exact) mass is 368 g/mol. The fourth-order valence-corrected chi connectivity index (χ4v) is 2.08. The molecule has 19 heavy (non-hydrogen) atoms. The standard InChI is InChI=1S/C12H9IN4O2/c13-10-11(18)16-9(17-12(10)19)5-8-14-6-3-1-2-4-7(6)15-8/h1-4H,5H2,(H,14,15)(H2,16,17,18,19). The van der Waals surface area contributed by atoms with Crippen LogP contribution in [0.1, 0.15) is 11.6 Å². The van der Waals surface area contributed by atoms with Crippen LogP contribution in [0, 0.1) is 3.57 Å². The summed E-state index contributed by atoms with van der Waals surface area (Å²) in [5.41, 5.74) is 1.43. The first-order chi connectivity index (χ1) is 9.13. The predicted molar refractivity (Wildman–Crippen MR) is 78.1 cm³/mol. The molecule has 0 aliphatic rings. The molecule has 0 saturated carbocycles. The number of fused-ring (bicyclic) bond motifs is 1. The minimum atomic E-state index is -0.348. The van der Waals surface area contributed by atoms with Crippen molar-refractivity contribution in [2.75, 3.05) is 0 Å². The van der Waals surface area contributed by atoms with Gasteiger partial charge in [-0.15, -0.1) is 0 Å². The van der Waals surface area contributed by atoms with Gasteiger partial charge in [0.2, 0.25) is 5.88 Å². The van der Waals surface area contributed by atoms with Crippen LogP contribution in [-0.4, -0.2) is 25.0 Å². The van der Waals surface area contributed by atoms with Crippen LogP contribution in [0.15, 0.2) is 29.1 Å². The highest BCUT2D eigenvalue weighted by atomic mass is 127. The van der Waals surface area contributed by atoms with E-state index in [9.17, 15) is 9.90 Å². The maximum atomic E-state index is 11.5. The maximum Gasteiger partial charge on any atom is 0.268 e. The van der Waals surface area contributed by atoms with E-state index in [-0.39, 0.29) is 15.0 Å². The van der Waals surface area contributed by atoms with Gasteiger partial charge >= 0.3 is 0 Å². The van der Waals surface area contributed by atoms with E-state index in [0.29, 0.717) is 18.1 Å². The lowest BCUT2D eigenvalue weighted by Crippen LogP contribution is -2.15. The molecule has 3 N–H and O–H groups in total. The molecule has 1 aromatic carbocycles. The van der Waals surface area contributed by atoms with Crippen molar-refractivity contribution in [3.63, 3.8) is 0 Å². The first kappa shape index (κ1) is 12.2. The Morgan fingerprint density at radius 3 is 2.63 bits per heavy atom. The Bertz CT molecular complexity index is 776. The number of H-pyrrole nitrogens is 2. The molecule has 0 unspecified atom stereocenters. The number of aromatic nitrogens is 4. The quantitative estimate of drug-likeness (QED) is 0.599.